The first kappa shape index (κ1) is 19.2. The molecule has 0 saturated carbocycles. The van der Waals surface area contributed by atoms with Crippen LogP contribution in [0.5, 0.6) is 0 Å². The van der Waals surface area contributed by atoms with E-state index < -0.39 is 17.7 Å². The highest BCUT2D eigenvalue weighted by Crippen LogP contribution is 2.38. The Morgan fingerprint density at radius 2 is 1.72 bits per heavy atom. The Morgan fingerprint density at radius 3 is 2.45 bits per heavy atom. The maximum Gasteiger partial charge on any atom is 0.417 e. The van der Waals surface area contributed by atoms with Gasteiger partial charge in [-0.05, 0) is 42.5 Å². The van der Waals surface area contributed by atoms with Crippen LogP contribution in [0.2, 0.25) is 0 Å². The highest BCUT2D eigenvalue weighted by molar-refractivity contribution is 9.10. The van der Waals surface area contributed by atoms with Gasteiger partial charge in [-0.2, -0.15) is 13.2 Å². The van der Waals surface area contributed by atoms with E-state index in [1.54, 1.807) is 18.2 Å². The first-order chi connectivity index (χ1) is 13.7. The summed E-state index contributed by atoms with van der Waals surface area (Å²) in [6.07, 6.45) is -4.54. The van der Waals surface area contributed by atoms with Gasteiger partial charge in [-0.1, -0.05) is 34.1 Å². The van der Waals surface area contributed by atoms with Gasteiger partial charge < -0.3 is 14.3 Å². The molecule has 2 heterocycles. The summed E-state index contributed by atoms with van der Waals surface area (Å²) in [5.41, 5.74) is -0.475. The lowest BCUT2D eigenvalue weighted by Crippen LogP contribution is -2.22. The number of carbonyl (C=O) groups excluding carboxylic acids is 1. The number of carboxylic acids is 1. The number of furan rings is 1. The molecule has 2 aromatic heterocycles. The van der Waals surface area contributed by atoms with Crippen molar-refractivity contribution >= 4 is 32.8 Å². The predicted molar refractivity (Wildman–Crippen MR) is 102 cm³/mol. The van der Waals surface area contributed by atoms with Gasteiger partial charge in [-0.15, -0.1) is 0 Å². The van der Waals surface area contributed by atoms with Crippen LogP contribution in [0.4, 0.5) is 13.2 Å². The minimum absolute atomic E-state index is 0.000582. The molecule has 146 valence electrons. The lowest BCUT2D eigenvalue weighted by molar-refractivity contribution is -0.254. The average Bonchev–Trinajstić information content (AvgIpc) is 3.16. The number of aromatic carboxylic acids is 1. The van der Waals surface area contributed by atoms with Crippen LogP contribution in [-0.4, -0.2) is 11.0 Å². The molecular weight excluding hydrogens is 451 g/mol. The number of carbonyl (C=O) groups is 1. The monoisotopic (exact) mass is 460 g/mol. The predicted octanol–water partition coefficient (Wildman–Crippen LogP) is 5.31. The highest BCUT2D eigenvalue weighted by Gasteiger charge is 2.34. The van der Waals surface area contributed by atoms with Crippen LogP contribution in [0.25, 0.3) is 33.7 Å². The Labute approximate surface area is 170 Å². The second-order valence-electron chi connectivity index (χ2n) is 6.21. The Kier molecular flexibility index (Phi) is 4.66. The molecule has 0 amide bonds. The number of fused-ring (bicyclic) bond motifs is 1. The summed E-state index contributed by atoms with van der Waals surface area (Å²) >= 11 is 3.28. The molecule has 0 saturated heterocycles. The van der Waals surface area contributed by atoms with Crippen molar-refractivity contribution in [1.82, 2.24) is 4.98 Å². The molecule has 0 aliphatic rings. The second-order valence-corrected chi connectivity index (χ2v) is 7.13. The fourth-order valence-corrected chi connectivity index (χ4v) is 3.42. The summed E-state index contributed by atoms with van der Waals surface area (Å²) in [5, 5.41) is 12.0. The van der Waals surface area contributed by atoms with Crippen molar-refractivity contribution in [1.29, 1.82) is 0 Å². The summed E-state index contributed by atoms with van der Waals surface area (Å²) in [5.74, 6) is -1.25. The Bertz CT molecular complexity index is 1250. The quantitative estimate of drug-likeness (QED) is 0.415. The van der Waals surface area contributed by atoms with Crippen molar-refractivity contribution in [2.24, 2.45) is 0 Å². The Morgan fingerprint density at radius 1 is 1.00 bits per heavy atom. The average molecular weight is 461 g/mol. The van der Waals surface area contributed by atoms with Crippen molar-refractivity contribution < 1.29 is 27.5 Å². The third-order valence-electron chi connectivity index (χ3n) is 4.35. The fraction of sp³-hybridized carbons (Fsp3) is 0.0476. The molecule has 4 rings (SSSR count). The number of pyridine rings is 1. The zero-order chi connectivity index (χ0) is 20.8. The van der Waals surface area contributed by atoms with E-state index in [-0.39, 0.29) is 28.3 Å². The molecule has 0 unspecified atom stereocenters. The smallest absolute Gasteiger partial charge is 0.417 e. The topological polar surface area (TPSA) is 66.2 Å². The molecule has 4 nitrogen and oxygen atoms in total. The fourth-order valence-electron chi connectivity index (χ4n) is 3.06. The van der Waals surface area contributed by atoms with E-state index in [1.807, 2.05) is 0 Å². The summed E-state index contributed by atoms with van der Waals surface area (Å²) in [4.78, 5) is 16.0. The van der Waals surface area contributed by atoms with Gasteiger partial charge in [0.25, 0.3) is 0 Å². The molecule has 0 aliphatic heterocycles. The molecule has 8 heteroatoms. The minimum atomic E-state index is -4.54. The number of nitrogens with zero attached hydrogens (tertiary/aromatic N) is 1. The second kappa shape index (κ2) is 7.04. The molecule has 0 bridgehead atoms. The maximum atomic E-state index is 13.3. The maximum absolute atomic E-state index is 13.3. The zero-order valence-electron chi connectivity index (χ0n) is 14.5. The van der Waals surface area contributed by atoms with E-state index in [9.17, 15) is 23.1 Å². The van der Waals surface area contributed by atoms with E-state index in [2.05, 4.69) is 20.9 Å². The molecule has 0 aliphatic carbocycles. The standard InChI is InChI=1S/C21H11BrF3NO3/c22-11-5-6-16-13(9-11)14(20(27)28)10-17(26-16)19-8-7-18(29-19)12-3-1-2-4-15(12)21(23,24)25/h1-10H,(H,27,28)/p-1. The van der Waals surface area contributed by atoms with Gasteiger partial charge in [-0.3, -0.25) is 0 Å². The van der Waals surface area contributed by atoms with Gasteiger partial charge in [-0.25, -0.2) is 4.98 Å². The number of benzene rings is 2. The van der Waals surface area contributed by atoms with Crippen LogP contribution in [0.1, 0.15) is 15.9 Å². The lowest BCUT2D eigenvalue weighted by Gasteiger charge is -2.11. The molecule has 0 spiro atoms. The van der Waals surface area contributed by atoms with Crippen LogP contribution >= 0.6 is 15.9 Å². The normalized spacial score (nSPS) is 11.7. The summed E-state index contributed by atoms with van der Waals surface area (Å²) < 4.78 is 46.1. The molecule has 2 aromatic carbocycles. The van der Waals surface area contributed by atoms with Crippen LogP contribution in [0.3, 0.4) is 0 Å². The number of carboxylic acid groups (broad SMARTS) is 1. The molecule has 0 fully saturated rings. The molecule has 0 radical (unpaired) electrons. The van der Waals surface area contributed by atoms with E-state index in [1.165, 1.54) is 36.4 Å². The van der Waals surface area contributed by atoms with Crippen molar-refractivity contribution in [3.05, 3.63) is 76.3 Å². The van der Waals surface area contributed by atoms with Crippen LogP contribution in [0.15, 0.2) is 69.6 Å². The first-order valence-electron chi connectivity index (χ1n) is 8.32. The van der Waals surface area contributed by atoms with E-state index in [0.29, 0.717) is 15.4 Å². The van der Waals surface area contributed by atoms with E-state index in [0.717, 1.165) is 6.07 Å². The van der Waals surface area contributed by atoms with Crippen LogP contribution < -0.4 is 5.11 Å². The van der Waals surface area contributed by atoms with E-state index in [4.69, 9.17) is 4.42 Å². The van der Waals surface area contributed by atoms with Gasteiger partial charge in [0.1, 0.15) is 11.5 Å². The SMILES string of the molecule is O=C([O-])c1cc(-c2ccc(-c3ccccc3C(F)(F)F)o2)nc2ccc(Br)cc12. The molecular formula is C21H10BrF3NO3-. The van der Waals surface area contributed by atoms with Gasteiger partial charge >= 0.3 is 6.18 Å². The number of halogens is 4. The molecule has 0 atom stereocenters. The van der Waals surface area contributed by atoms with Crippen LogP contribution in [0, 0.1) is 0 Å². The summed E-state index contributed by atoms with van der Waals surface area (Å²) in [7, 11) is 0. The Hall–Kier alpha value is -3.13. The summed E-state index contributed by atoms with van der Waals surface area (Å²) in [6.45, 7) is 0. The summed E-state index contributed by atoms with van der Waals surface area (Å²) in [6, 6.07) is 14.1. The third kappa shape index (κ3) is 3.63. The number of rotatable bonds is 3. The van der Waals surface area contributed by atoms with Crippen molar-refractivity contribution in [2.75, 3.05) is 0 Å². The number of aromatic nitrogens is 1. The third-order valence-corrected chi connectivity index (χ3v) is 4.84. The number of alkyl halides is 3. The largest absolute Gasteiger partial charge is 0.545 e. The lowest BCUT2D eigenvalue weighted by atomic mass is 10.1. The number of hydrogen-bond donors (Lipinski definition) is 0. The minimum Gasteiger partial charge on any atom is -0.545 e. The van der Waals surface area contributed by atoms with Crippen molar-refractivity contribution in [3.63, 3.8) is 0 Å². The van der Waals surface area contributed by atoms with Gasteiger partial charge in [0.2, 0.25) is 0 Å². The Balaban J connectivity index is 1.85. The molecule has 0 N–H and O–H groups in total. The molecule has 29 heavy (non-hydrogen) atoms. The van der Waals surface area contributed by atoms with Gasteiger partial charge in [0.15, 0.2) is 5.76 Å². The number of hydrogen-bond acceptors (Lipinski definition) is 4. The van der Waals surface area contributed by atoms with Crippen molar-refractivity contribution in [2.45, 2.75) is 6.18 Å². The van der Waals surface area contributed by atoms with E-state index >= 15 is 0 Å². The van der Waals surface area contributed by atoms with Crippen molar-refractivity contribution in [3.8, 4) is 22.8 Å². The van der Waals surface area contributed by atoms with Gasteiger partial charge in [0, 0.05) is 21.0 Å². The van der Waals surface area contributed by atoms with Gasteiger partial charge in [0.05, 0.1) is 17.0 Å². The first-order valence-corrected chi connectivity index (χ1v) is 9.12. The highest BCUT2D eigenvalue weighted by atomic mass is 79.9. The van der Waals surface area contributed by atoms with Crippen LogP contribution in [-0.2, 0) is 6.18 Å². The molecule has 4 aromatic rings. The zero-order valence-corrected chi connectivity index (χ0v) is 16.0.